The molecule has 0 radical (unpaired) electrons. The number of aromatic nitrogens is 2. The van der Waals surface area contributed by atoms with Gasteiger partial charge >= 0.3 is 0 Å². The molecule has 0 aliphatic carbocycles. The largest absolute Gasteiger partial charge is 0.342 e. The normalized spacial score (nSPS) is 14.4. The van der Waals surface area contributed by atoms with E-state index >= 15 is 0 Å². The minimum Gasteiger partial charge on any atom is -0.342 e. The van der Waals surface area contributed by atoms with Crippen molar-refractivity contribution in [1.29, 1.82) is 0 Å². The molecule has 160 valence electrons. The quantitative estimate of drug-likeness (QED) is 0.559. The molecule has 3 aromatic rings. The van der Waals surface area contributed by atoms with Crippen LogP contribution in [0.1, 0.15) is 39.8 Å². The van der Waals surface area contributed by atoms with E-state index in [2.05, 4.69) is 27.4 Å². The highest BCUT2D eigenvalue weighted by Crippen LogP contribution is 2.31. The van der Waals surface area contributed by atoms with Crippen molar-refractivity contribution in [1.82, 2.24) is 14.9 Å². The molecule has 31 heavy (non-hydrogen) atoms. The van der Waals surface area contributed by atoms with Gasteiger partial charge in [-0.15, -0.1) is 23.1 Å². The molecular weight excluding hydrogens is 428 g/mol. The van der Waals surface area contributed by atoms with E-state index in [1.54, 1.807) is 41.7 Å². The number of rotatable bonds is 6. The van der Waals surface area contributed by atoms with Gasteiger partial charge in [-0.1, -0.05) is 12.1 Å². The van der Waals surface area contributed by atoms with Gasteiger partial charge in [0.1, 0.15) is 5.69 Å². The smallest absolute Gasteiger partial charge is 0.275 e. The van der Waals surface area contributed by atoms with Crippen LogP contribution in [0.25, 0.3) is 0 Å². The summed E-state index contributed by atoms with van der Waals surface area (Å²) in [5.74, 6) is 0.233. The molecule has 1 aliphatic rings. The highest BCUT2D eigenvalue weighted by Gasteiger charge is 2.26. The predicted octanol–water partition coefficient (Wildman–Crippen LogP) is 4.46. The van der Waals surface area contributed by atoms with Gasteiger partial charge in [0.15, 0.2) is 0 Å². The minimum absolute atomic E-state index is 0.172. The molecule has 4 rings (SSSR count). The van der Waals surface area contributed by atoms with Crippen molar-refractivity contribution < 1.29 is 9.59 Å². The fraction of sp³-hybridized carbons (Fsp3) is 0.304. The maximum Gasteiger partial charge on any atom is 0.275 e. The van der Waals surface area contributed by atoms with Gasteiger partial charge in [0.2, 0.25) is 5.91 Å². The molecule has 0 atom stereocenters. The number of anilines is 1. The highest BCUT2D eigenvalue weighted by atomic mass is 32.2. The first-order valence-corrected chi connectivity index (χ1v) is 12.3. The Labute approximate surface area is 190 Å². The maximum atomic E-state index is 12.7. The molecule has 1 aromatic carbocycles. The molecule has 0 bridgehead atoms. The number of thioether (sulfide) groups is 1. The van der Waals surface area contributed by atoms with Gasteiger partial charge in [-0.3, -0.25) is 14.6 Å². The Morgan fingerprint density at radius 3 is 2.65 bits per heavy atom. The lowest BCUT2D eigenvalue weighted by atomic mass is 9.97. The van der Waals surface area contributed by atoms with E-state index in [-0.39, 0.29) is 17.7 Å². The summed E-state index contributed by atoms with van der Waals surface area (Å²) in [6.45, 7) is 1.45. The summed E-state index contributed by atoms with van der Waals surface area (Å²) < 4.78 is 0. The average molecular weight is 453 g/mol. The van der Waals surface area contributed by atoms with Crippen LogP contribution in [0.15, 0.2) is 59.1 Å². The van der Waals surface area contributed by atoms with Crippen molar-refractivity contribution in [2.75, 3.05) is 24.7 Å². The zero-order valence-corrected chi connectivity index (χ0v) is 18.9. The van der Waals surface area contributed by atoms with E-state index < -0.39 is 0 Å². The van der Waals surface area contributed by atoms with Crippen LogP contribution in [0, 0.1) is 0 Å². The Kier molecular flexibility index (Phi) is 6.99. The first kappa shape index (κ1) is 21.5. The Bertz CT molecular complexity index is 1030. The molecule has 0 spiro atoms. The third-order valence-electron chi connectivity index (χ3n) is 5.39. The van der Waals surface area contributed by atoms with Gasteiger partial charge in [-0.05, 0) is 48.9 Å². The zero-order chi connectivity index (χ0) is 21.6. The minimum atomic E-state index is -0.226. The van der Waals surface area contributed by atoms with Crippen LogP contribution in [-0.2, 0) is 11.2 Å². The zero-order valence-electron chi connectivity index (χ0n) is 17.3. The van der Waals surface area contributed by atoms with E-state index in [4.69, 9.17) is 0 Å². The number of piperidine rings is 1. The number of nitrogens with zero attached hydrogens (tertiary/aromatic N) is 3. The molecule has 1 N–H and O–H groups in total. The summed E-state index contributed by atoms with van der Waals surface area (Å²) in [7, 11) is 0. The Morgan fingerprint density at radius 1 is 1.19 bits per heavy atom. The van der Waals surface area contributed by atoms with Crippen LogP contribution >= 0.6 is 23.1 Å². The molecule has 2 amide bonds. The number of likely N-dealkylation sites (tertiary alicyclic amines) is 1. The number of hydrogen-bond acceptors (Lipinski definition) is 6. The van der Waals surface area contributed by atoms with Gasteiger partial charge in [0.25, 0.3) is 5.91 Å². The lowest BCUT2D eigenvalue weighted by molar-refractivity contribution is -0.131. The van der Waals surface area contributed by atoms with E-state index in [9.17, 15) is 9.59 Å². The summed E-state index contributed by atoms with van der Waals surface area (Å²) in [5.41, 5.74) is 2.13. The van der Waals surface area contributed by atoms with Gasteiger partial charge in [-0.2, -0.15) is 0 Å². The maximum absolute atomic E-state index is 12.7. The summed E-state index contributed by atoms with van der Waals surface area (Å²) in [4.78, 5) is 36.8. The summed E-state index contributed by atoms with van der Waals surface area (Å²) in [5, 5.41) is 5.59. The van der Waals surface area contributed by atoms with Crippen LogP contribution in [0.4, 0.5) is 5.69 Å². The fourth-order valence-electron chi connectivity index (χ4n) is 3.62. The van der Waals surface area contributed by atoms with Gasteiger partial charge in [0, 0.05) is 35.5 Å². The monoisotopic (exact) mass is 452 g/mol. The lowest BCUT2D eigenvalue weighted by Crippen LogP contribution is -2.38. The van der Waals surface area contributed by atoms with Crippen molar-refractivity contribution >= 4 is 40.6 Å². The van der Waals surface area contributed by atoms with E-state index in [0.29, 0.717) is 17.8 Å². The first-order valence-electron chi connectivity index (χ1n) is 10.2. The van der Waals surface area contributed by atoms with Crippen molar-refractivity contribution in [3.05, 3.63) is 70.4 Å². The van der Waals surface area contributed by atoms with Crippen LogP contribution in [0.5, 0.6) is 0 Å². The second-order valence-corrected chi connectivity index (χ2v) is 9.22. The summed E-state index contributed by atoms with van der Waals surface area (Å²) in [6, 6.07) is 11.8. The Balaban J connectivity index is 1.29. The molecule has 6 nitrogen and oxygen atoms in total. The Hall–Kier alpha value is -2.71. The standard InChI is InChI=1S/C23H24N4O2S2/c1-30-19-6-4-16(5-7-19)13-21(28)27-11-8-17(9-12-27)23-26-20(15-31-23)22(29)25-18-3-2-10-24-14-18/h2-7,10,14-15,17H,8-9,11-13H2,1H3,(H,25,29). The second kappa shape index (κ2) is 10.1. The molecule has 1 saturated heterocycles. The van der Waals surface area contributed by atoms with Crippen molar-refractivity contribution in [3.63, 3.8) is 0 Å². The van der Waals surface area contributed by atoms with Gasteiger partial charge in [0.05, 0.1) is 23.3 Å². The molecular formula is C23H24N4O2S2. The molecule has 3 heterocycles. The molecule has 0 unspecified atom stereocenters. The second-order valence-electron chi connectivity index (χ2n) is 7.45. The number of carbonyl (C=O) groups is 2. The van der Waals surface area contributed by atoms with Crippen LogP contribution in [-0.4, -0.2) is 46.0 Å². The molecule has 1 aliphatic heterocycles. The van der Waals surface area contributed by atoms with Crippen molar-refractivity contribution in [2.24, 2.45) is 0 Å². The van der Waals surface area contributed by atoms with Crippen LogP contribution in [0.3, 0.4) is 0 Å². The molecule has 1 fully saturated rings. The average Bonchev–Trinajstić information content (AvgIpc) is 3.31. The number of amides is 2. The van der Waals surface area contributed by atoms with Crippen molar-refractivity contribution in [3.8, 4) is 0 Å². The lowest BCUT2D eigenvalue weighted by Gasteiger charge is -2.31. The SMILES string of the molecule is CSc1ccc(CC(=O)N2CCC(c3nc(C(=O)Nc4cccnc4)cs3)CC2)cc1. The molecule has 0 saturated carbocycles. The number of carbonyl (C=O) groups excluding carboxylic acids is 2. The fourth-order valence-corrected chi connectivity index (χ4v) is 5.00. The summed E-state index contributed by atoms with van der Waals surface area (Å²) in [6.07, 6.45) is 7.49. The summed E-state index contributed by atoms with van der Waals surface area (Å²) >= 11 is 3.22. The molecule has 2 aromatic heterocycles. The number of nitrogens with one attached hydrogen (secondary N) is 1. The van der Waals surface area contributed by atoms with Gasteiger partial charge < -0.3 is 10.2 Å². The first-order chi connectivity index (χ1) is 15.1. The van der Waals surface area contributed by atoms with Gasteiger partial charge in [-0.25, -0.2) is 4.98 Å². The molecule has 8 heteroatoms. The van der Waals surface area contributed by atoms with Crippen LogP contribution < -0.4 is 5.32 Å². The number of thiazole rings is 1. The number of pyridine rings is 1. The number of hydrogen-bond donors (Lipinski definition) is 1. The Morgan fingerprint density at radius 2 is 1.97 bits per heavy atom. The predicted molar refractivity (Wildman–Crippen MR) is 125 cm³/mol. The third-order valence-corrected chi connectivity index (χ3v) is 7.14. The highest BCUT2D eigenvalue weighted by molar-refractivity contribution is 7.98. The van der Waals surface area contributed by atoms with Crippen molar-refractivity contribution in [2.45, 2.75) is 30.1 Å². The van der Waals surface area contributed by atoms with E-state index in [1.807, 2.05) is 23.3 Å². The van der Waals surface area contributed by atoms with E-state index in [0.717, 1.165) is 36.5 Å². The third kappa shape index (κ3) is 5.51. The van der Waals surface area contributed by atoms with Crippen LogP contribution in [0.2, 0.25) is 0 Å². The number of benzene rings is 1. The van der Waals surface area contributed by atoms with E-state index in [1.165, 1.54) is 16.2 Å². The topological polar surface area (TPSA) is 75.2 Å².